The number of carbonyl (C=O) groups excluding carboxylic acids is 1. The van der Waals surface area contributed by atoms with Gasteiger partial charge in [-0.25, -0.2) is 4.79 Å². The van der Waals surface area contributed by atoms with E-state index >= 15 is 0 Å². The van der Waals surface area contributed by atoms with Crippen LogP contribution < -0.4 is 10.6 Å². The average molecular weight is 324 g/mol. The van der Waals surface area contributed by atoms with Crippen LogP contribution in [0.3, 0.4) is 0 Å². The van der Waals surface area contributed by atoms with E-state index in [9.17, 15) is 4.79 Å². The van der Waals surface area contributed by atoms with Crippen LogP contribution in [0.5, 0.6) is 0 Å². The number of anilines is 1. The van der Waals surface area contributed by atoms with Gasteiger partial charge < -0.3 is 10.6 Å². The van der Waals surface area contributed by atoms with E-state index < -0.39 is 0 Å². The molecule has 0 heterocycles. The van der Waals surface area contributed by atoms with Gasteiger partial charge in [0.2, 0.25) is 0 Å². The third-order valence-corrected chi connectivity index (χ3v) is 2.64. The second-order valence-corrected chi connectivity index (χ2v) is 4.89. The molecule has 6 heteroatoms. The minimum Gasteiger partial charge on any atom is -0.333 e. The molecule has 2 amide bonds. The van der Waals surface area contributed by atoms with E-state index in [1.54, 1.807) is 18.2 Å². The summed E-state index contributed by atoms with van der Waals surface area (Å²) in [6.45, 7) is 3.95. The molecule has 0 fully saturated rings. The van der Waals surface area contributed by atoms with Crippen LogP contribution in [0.1, 0.15) is 0 Å². The molecule has 0 atom stereocenters. The molecule has 0 saturated heterocycles. The molecule has 1 aromatic carbocycles. The summed E-state index contributed by atoms with van der Waals surface area (Å²) in [4.78, 5) is 11.4. The largest absolute Gasteiger partial charge is 0.333 e. The Kier molecular flexibility index (Phi) is 5.12. The third kappa shape index (κ3) is 4.43. The Hall–Kier alpha value is -0.710. The van der Waals surface area contributed by atoms with Gasteiger partial charge in [-0.3, -0.25) is 0 Å². The van der Waals surface area contributed by atoms with Crippen molar-refractivity contribution in [3.8, 4) is 0 Å². The van der Waals surface area contributed by atoms with Gasteiger partial charge in [-0.05, 0) is 18.2 Å². The maximum Gasteiger partial charge on any atom is 0.319 e. The van der Waals surface area contributed by atoms with Crippen LogP contribution in [0.2, 0.25) is 10.0 Å². The molecule has 0 unspecified atom stereocenters. The number of carbonyl (C=O) groups is 1. The van der Waals surface area contributed by atoms with Gasteiger partial charge in [0.15, 0.2) is 0 Å². The van der Waals surface area contributed by atoms with Gasteiger partial charge in [0.25, 0.3) is 0 Å². The van der Waals surface area contributed by atoms with Gasteiger partial charge in [-0.1, -0.05) is 45.7 Å². The average Bonchev–Trinajstić information content (AvgIpc) is 2.21. The number of hydrogen-bond acceptors (Lipinski definition) is 1. The lowest BCUT2D eigenvalue weighted by Crippen LogP contribution is -2.29. The van der Waals surface area contributed by atoms with Gasteiger partial charge in [0.1, 0.15) is 0 Å². The summed E-state index contributed by atoms with van der Waals surface area (Å²) in [5, 5.41) is 6.04. The number of urea groups is 1. The molecule has 0 aliphatic carbocycles. The Morgan fingerprint density at radius 3 is 2.62 bits per heavy atom. The van der Waals surface area contributed by atoms with E-state index in [0.717, 1.165) is 0 Å². The molecule has 1 rings (SSSR count). The Bertz CT molecular complexity index is 423. The van der Waals surface area contributed by atoms with Gasteiger partial charge in [-0.15, -0.1) is 0 Å². The number of nitrogens with one attached hydrogen (secondary N) is 2. The molecular weight excluding hydrogens is 315 g/mol. The van der Waals surface area contributed by atoms with Crippen LogP contribution in [0.25, 0.3) is 0 Å². The predicted octanol–water partition coefficient (Wildman–Crippen LogP) is 4.02. The molecule has 0 aromatic heterocycles. The molecule has 0 aliphatic heterocycles. The highest BCUT2D eigenvalue weighted by Gasteiger charge is 2.03. The first-order chi connectivity index (χ1) is 7.49. The lowest BCUT2D eigenvalue weighted by Gasteiger charge is -2.07. The van der Waals surface area contributed by atoms with E-state index in [2.05, 4.69) is 33.1 Å². The van der Waals surface area contributed by atoms with Crippen LogP contribution >= 0.6 is 39.1 Å². The van der Waals surface area contributed by atoms with Crippen LogP contribution in [-0.2, 0) is 0 Å². The SMILES string of the molecule is C=C(Br)CNC(=O)Nc1ccc(Cl)c(Cl)c1. The molecule has 16 heavy (non-hydrogen) atoms. The van der Waals surface area contributed by atoms with Gasteiger partial charge in [0, 0.05) is 10.2 Å². The van der Waals surface area contributed by atoms with Crippen molar-refractivity contribution in [3.63, 3.8) is 0 Å². The lowest BCUT2D eigenvalue weighted by molar-refractivity contribution is 0.253. The topological polar surface area (TPSA) is 41.1 Å². The van der Waals surface area contributed by atoms with E-state index in [1.165, 1.54) is 0 Å². The van der Waals surface area contributed by atoms with Gasteiger partial charge >= 0.3 is 6.03 Å². The second kappa shape index (κ2) is 6.13. The highest BCUT2D eigenvalue weighted by atomic mass is 79.9. The Morgan fingerprint density at radius 1 is 1.38 bits per heavy atom. The Morgan fingerprint density at radius 2 is 2.06 bits per heavy atom. The Balaban J connectivity index is 2.56. The zero-order valence-electron chi connectivity index (χ0n) is 8.19. The van der Waals surface area contributed by atoms with Crippen LogP contribution in [0.4, 0.5) is 10.5 Å². The molecular formula is C10H9BrCl2N2O. The van der Waals surface area contributed by atoms with Crippen LogP contribution in [-0.4, -0.2) is 12.6 Å². The van der Waals surface area contributed by atoms with Crippen molar-refractivity contribution in [3.05, 3.63) is 39.3 Å². The van der Waals surface area contributed by atoms with E-state index in [1.807, 2.05) is 0 Å². The molecule has 0 radical (unpaired) electrons. The van der Waals surface area contributed by atoms with E-state index in [4.69, 9.17) is 23.2 Å². The van der Waals surface area contributed by atoms with Gasteiger partial charge in [0.05, 0.1) is 16.6 Å². The minimum absolute atomic E-state index is 0.334. The molecule has 0 bridgehead atoms. The zero-order chi connectivity index (χ0) is 12.1. The van der Waals surface area contributed by atoms with E-state index in [0.29, 0.717) is 26.8 Å². The summed E-state index contributed by atoms with van der Waals surface area (Å²) in [5.41, 5.74) is 0.576. The summed E-state index contributed by atoms with van der Waals surface area (Å²) < 4.78 is 0.691. The highest BCUT2D eigenvalue weighted by Crippen LogP contribution is 2.24. The van der Waals surface area contributed by atoms with Crippen molar-refractivity contribution in [2.75, 3.05) is 11.9 Å². The molecule has 86 valence electrons. The maximum absolute atomic E-state index is 11.4. The number of benzene rings is 1. The van der Waals surface area contributed by atoms with Crippen molar-refractivity contribution >= 4 is 50.9 Å². The zero-order valence-corrected chi connectivity index (χ0v) is 11.3. The van der Waals surface area contributed by atoms with Crippen molar-refractivity contribution in [2.45, 2.75) is 0 Å². The van der Waals surface area contributed by atoms with Crippen molar-refractivity contribution in [1.82, 2.24) is 5.32 Å². The van der Waals surface area contributed by atoms with E-state index in [-0.39, 0.29) is 6.03 Å². The fourth-order valence-corrected chi connectivity index (χ4v) is 1.36. The highest BCUT2D eigenvalue weighted by molar-refractivity contribution is 9.11. The number of amides is 2. The first kappa shape index (κ1) is 13.4. The predicted molar refractivity (Wildman–Crippen MR) is 71.6 cm³/mol. The standard InChI is InChI=1S/C10H9BrCl2N2O/c1-6(11)5-14-10(16)15-7-2-3-8(12)9(13)4-7/h2-4H,1,5H2,(H2,14,15,16). The second-order valence-electron chi connectivity index (χ2n) is 2.95. The normalized spacial score (nSPS) is 9.69. The first-order valence-electron chi connectivity index (χ1n) is 4.32. The van der Waals surface area contributed by atoms with Crippen molar-refractivity contribution in [1.29, 1.82) is 0 Å². The maximum atomic E-state index is 11.4. The quantitative estimate of drug-likeness (QED) is 0.866. The molecule has 0 saturated carbocycles. The smallest absolute Gasteiger partial charge is 0.319 e. The first-order valence-corrected chi connectivity index (χ1v) is 5.87. The molecule has 1 aromatic rings. The summed E-state index contributed by atoms with van der Waals surface area (Å²) in [7, 11) is 0. The molecule has 0 aliphatic rings. The summed E-state index contributed by atoms with van der Waals surface area (Å²) in [5.74, 6) is 0. The number of hydrogen-bond donors (Lipinski definition) is 2. The summed E-state index contributed by atoms with van der Waals surface area (Å²) in [6, 6.07) is 4.52. The molecule has 2 N–H and O–H groups in total. The summed E-state index contributed by atoms with van der Waals surface area (Å²) in [6.07, 6.45) is 0. The van der Waals surface area contributed by atoms with Crippen molar-refractivity contribution < 1.29 is 4.79 Å². The minimum atomic E-state index is -0.334. The summed E-state index contributed by atoms with van der Waals surface area (Å²) >= 11 is 14.7. The van der Waals surface area contributed by atoms with Crippen molar-refractivity contribution in [2.24, 2.45) is 0 Å². The third-order valence-electron chi connectivity index (χ3n) is 1.62. The molecule has 0 spiro atoms. The lowest BCUT2D eigenvalue weighted by atomic mass is 10.3. The Labute approximate surface area is 112 Å². The van der Waals surface area contributed by atoms with Crippen LogP contribution in [0, 0.1) is 0 Å². The van der Waals surface area contributed by atoms with Gasteiger partial charge in [-0.2, -0.15) is 0 Å². The van der Waals surface area contributed by atoms with Crippen LogP contribution in [0.15, 0.2) is 29.3 Å². The number of halogens is 3. The fourth-order valence-electron chi connectivity index (χ4n) is 0.925. The monoisotopic (exact) mass is 322 g/mol. The fraction of sp³-hybridized carbons (Fsp3) is 0.100. The molecule has 3 nitrogen and oxygen atoms in total. The number of rotatable bonds is 3.